The SMILES string of the molecule is CC(C)[C@]12O[C@H]1[C@@H]1O[C@]13[C@]1(O[C@H]1C[C@H]1C4=C(CC[C@@]13C)C(=O)OC4)[C@@H]2OC(=O)OCCOCCOC(=O)CCCCC1CCSS1. The van der Waals surface area contributed by atoms with Gasteiger partial charge in [-0.05, 0) is 55.9 Å². The van der Waals surface area contributed by atoms with Crippen LogP contribution in [0.5, 0.6) is 0 Å². The van der Waals surface area contributed by atoms with Crippen molar-refractivity contribution >= 4 is 39.7 Å². The van der Waals surface area contributed by atoms with E-state index in [1.54, 1.807) is 0 Å². The van der Waals surface area contributed by atoms with Gasteiger partial charge in [-0.15, -0.1) is 0 Å². The van der Waals surface area contributed by atoms with E-state index in [0.717, 1.165) is 48.5 Å². The molecule has 8 aliphatic rings. The van der Waals surface area contributed by atoms with Gasteiger partial charge in [-0.3, -0.25) is 4.79 Å². The number of unbranched alkanes of at least 4 members (excludes halogenated alkanes) is 1. The molecule has 0 N–H and O–H groups in total. The van der Waals surface area contributed by atoms with Gasteiger partial charge in [0.15, 0.2) is 11.7 Å². The van der Waals surface area contributed by atoms with E-state index in [1.165, 1.54) is 12.2 Å². The molecular formula is C33H44O11S2. The minimum Gasteiger partial charge on any atom is -0.463 e. The highest BCUT2D eigenvalue weighted by molar-refractivity contribution is 8.77. The van der Waals surface area contributed by atoms with Gasteiger partial charge in [0.1, 0.15) is 43.2 Å². The van der Waals surface area contributed by atoms with Gasteiger partial charge in [-0.2, -0.15) is 0 Å². The number of hydrogen-bond donors (Lipinski definition) is 0. The fourth-order valence-electron chi connectivity index (χ4n) is 9.75. The fourth-order valence-corrected chi connectivity index (χ4v) is 12.8. The summed E-state index contributed by atoms with van der Waals surface area (Å²) in [5.41, 5.74) is -0.610. The van der Waals surface area contributed by atoms with Crippen molar-refractivity contribution in [1.29, 1.82) is 0 Å². The highest BCUT2D eigenvalue weighted by atomic mass is 33.1. The van der Waals surface area contributed by atoms with E-state index in [2.05, 4.69) is 20.8 Å². The highest BCUT2D eigenvalue weighted by Gasteiger charge is 3.01. The second-order valence-corrected chi connectivity index (χ2v) is 17.3. The zero-order chi connectivity index (χ0) is 31.9. The fraction of sp³-hybridized carbons (Fsp3) is 0.848. The van der Waals surface area contributed by atoms with E-state index in [9.17, 15) is 14.4 Å². The summed E-state index contributed by atoms with van der Waals surface area (Å²) < 4.78 is 47.7. The van der Waals surface area contributed by atoms with Gasteiger partial charge in [-0.25, -0.2) is 9.59 Å². The smallest absolute Gasteiger partial charge is 0.463 e. The van der Waals surface area contributed by atoms with Crippen molar-refractivity contribution < 1.29 is 52.3 Å². The van der Waals surface area contributed by atoms with Crippen LogP contribution < -0.4 is 0 Å². The van der Waals surface area contributed by atoms with Gasteiger partial charge < -0.3 is 37.9 Å². The molecule has 0 aromatic heterocycles. The number of cyclic esters (lactones) is 1. The van der Waals surface area contributed by atoms with Crippen LogP contribution in [0.4, 0.5) is 4.79 Å². The topological polar surface area (TPSA) is 135 Å². The largest absolute Gasteiger partial charge is 0.508 e. The summed E-state index contributed by atoms with van der Waals surface area (Å²) in [4.78, 5) is 37.5. The van der Waals surface area contributed by atoms with E-state index in [-0.39, 0.29) is 73.9 Å². The summed E-state index contributed by atoms with van der Waals surface area (Å²) >= 11 is 0. The highest BCUT2D eigenvalue weighted by Crippen LogP contribution is 2.83. The second kappa shape index (κ2) is 11.5. The molecular weight excluding hydrogens is 636 g/mol. The Kier molecular flexibility index (Phi) is 7.96. The maximum atomic E-state index is 13.1. The Labute approximate surface area is 277 Å². The number of epoxide rings is 3. The van der Waals surface area contributed by atoms with Crippen LogP contribution in [0.3, 0.4) is 0 Å². The molecule has 13 heteroatoms. The van der Waals surface area contributed by atoms with E-state index in [0.29, 0.717) is 19.4 Å². The van der Waals surface area contributed by atoms with Crippen LogP contribution in [0.2, 0.25) is 0 Å². The van der Waals surface area contributed by atoms with Gasteiger partial charge in [0.05, 0.1) is 19.3 Å². The van der Waals surface area contributed by atoms with Crippen molar-refractivity contribution in [2.45, 2.75) is 119 Å². The molecule has 10 atom stereocenters. The maximum Gasteiger partial charge on any atom is 0.508 e. The average molecular weight is 681 g/mol. The van der Waals surface area contributed by atoms with E-state index >= 15 is 0 Å². The van der Waals surface area contributed by atoms with Gasteiger partial charge in [0.25, 0.3) is 0 Å². The maximum absolute atomic E-state index is 13.1. The molecule has 8 rings (SSSR count). The van der Waals surface area contributed by atoms with Crippen molar-refractivity contribution in [2.75, 3.05) is 38.8 Å². The Hall–Kier alpha value is -1.51. The Morgan fingerprint density at radius 3 is 2.65 bits per heavy atom. The molecule has 0 aromatic rings. The molecule has 2 spiro atoms. The van der Waals surface area contributed by atoms with Crippen LogP contribution in [0.1, 0.15) is 72.1 Å². The van der Waals surface area contributed by atoms with Crippen LogP contribution in [-0.2, 0) is 47.5 Å². The Bertz CT molecular complexity index is 1320. The molecule has 46 heavy (non-hydrogen) atoms. The summed E-state index contributed by atoms with van der Waals surface area (Å²) in [5.74, 6) is 0.980. The lowest BCUT2D eigenvalue weighted by Crippen LogP contribution is -2.70. The summed E-state index contributed by atoms with van der Waals surface area (Å²) in [6.07, 6.45) is 4.84. The molecule has 0 radical (unpaired) electrons. The van der Waals surface area contributed by atoms with Gasteiger partial charge in [-0.1, -0.05) is 48.8 Å². The van der Waals surface area contributed by atoms with Crippen molar-refractivity contribution in [1.82, 2.24) is 0 Å². The predicted octanol–water partition coefficient (Wildman–Crippen LogP) is 4.54. The van der Waals surface area contributed by atoms with Crippen LogP contribution in [0.25, 0.3) is 0 Å². The molecule has 254 valence electrons. The molecule has 1 unspecified atom stereocenters. The average Bonchev–Trinajstić information content (AvgIpc) is 3.97. The number of carbonyl (C=O) groups excluding carboxylic acids is 3. The summed E-state index contributed by atoms with van der Waals surface area (Å²) in [7, 11) is 3.91. The number of esters is 2. The molecule has 0 aromatic carbocycles. The normalized spacial score (nSPS) is 43.8. The monoisotopic (exact) mass is 680 g/mol. The quantitative estimate of drug-likeness (QED) is 0.0887. The van der Waals surface area contributed by atoms with Crippen molar-refractivity contribution in [2.24, 2.45) is 17.3 Å². The minimum atomic E-state index is -0.824. The number of ether oxygens (including phenoxy) is 8. The van der Waals surface area contributed by atoms with Crippen LogP contribution in [0.15, 0.2) is 11.1 Å². The van der Waals surface area contributed by atoms with Gasteiger partial charge >= 0.3 is 18.1 Å². The third-order valence-corrected chi connectivity index (χ3v) is 15.1. The number of fused-ring (bicyclic) bond motifs is 4. The molecule has 0 amide bonds. The lowest BCUT2D eigenvalue weighted by atomic mass is 9.46. The first kappa shape index (κ1) is 31.7. The van der Waals surface area contributed by atoms with Crippen LogP contribution in [-0.4, -0.2) is 103 Å². The third kappa shape index (κ3) is 4.57. The first-order valence-electron chi connectivity index (χ1n) is 17.0. The van der Waals surface area contributed by atoms with Crippen molar-refractivity contribution in [3.8, 4) is 0 Å². The van der Waals surface area contributed by atoms with Crippen molar-refractivity contribution in [3.05, 3.63) is 11.1 Å². The minimum absolute atomic E-state index is 0.00221. The number of hydrogen-bond acceptors (Lipinski definition) is 13. The molecule has 3 aliphatic carbocycles. The van der Waals surface area contributed by atoms with Crippen LogP contribution in [0, 0.1) is 17.3 Å². The molecule has 5 heterocycles. The van der Waals surface area contributed by atoms with E-state index in [4.69, 9.17) is 37.9 Å². The summed E-state index contributed by atoms with van der Waals surface area (Å²) in [5, 5.41) is 0.727. The Morgan fingerprint density at radius 1 is 1.04 bits per heavy atom. The van der Waals surface area contributed by atoms with E-state index in [1.807, 2.05) is 21.6 Å². The lowest BCUT2D eigenvalue weighted by Gasteiger charge is -2.53. The molecule has 2 saturated carbocycles. The predicted molar refractivity (Wildman–Crippen MR) is 166 cm³/mol. The number of carbonyl (C=O) groups is 3. The number of rotatable bonds is 13. The van der Waals surface area contributed by atoms with Crippen molar-refractivity contribution in [3.63, 3.8) is 0 Å². The van der Waals surface area contributed by atoms with Gasteiger partial charge in [0, 0.05) is 28.4 Å². The molecule has 4 saturated heterocycles. The molecule has 5 aliphatic heterocycles. The lowest BCUT2D eigenvalue weighted by molar-refractivity contribution is -0.145. The summed E-state index contributed by atoms with van der Waals surface area (Å²) in [6, 6.07) is 0. The first-order chi connectivity index (χ1) is 22.2. The second-order valence-electron chi connectivity index (χ2n) is 14.5. The first-order valence-corrected chi connectivity index (χ1v) is 19.3. The van der Waals surface area contributed by atoms with Crippen LogP contribution >= 0.6 is 21.6 Å². The molecule has 6 fully saturated rings. The molecule has 0 bridgehead atoms. The zero-order valence-electron chi connectivity index (χ0n) is 26.7. The van der Waals surface area contributed by atoms with Gasteiger partial charge in [0.2, 0.25) is 0 Å². The van der Waals surface area contributed by atoms with E-state index < -0.39 is 29.1 Å². The standard InChI is InChI=1S/C33H44O11S2/c1-18(2)31-25(43-31)26-33(44-26)30(3)10-8-20-21(17-40-27(20)35)22(30)16-23-32(33,42-23)28(31)41-29(36)39-14-12-37-11-13-38-24(34)7-5-4-6-19-9-15-45-46-19/h18-19,22-23,25-26,28H,4-17H2,1-3H3/t19?,22-,23-,25-,26-,28+,30-,31-,32+,33+/m0/s1. The summed E-state index contributed by atoms with van der Waals surface area (Å²) in [6.45, 7) is 7.28. The zero-order valence-corrected chi connectivity index (χ0v) is 28.4. The molecule has 11 nitrogen and oxygen atoms in total. The Balaban J connectivity index is 0.833. The Morgan fingerprint density at radius 2 is 1.87 bits per heavy atom. The third-order valence-electron chi connectivity index (χ3n) is 12.1.